The maximum absolute atomic E-state index is 5.56. The summed E-state index contributed by atoms with van der Waals surface area (Å²) in [6.45, 7) is 4.69. The first-order chi connectivity index (χ1) is 14.7. The zero-order chi connectivity index (χ0) is 20.5. The molecule has 1 saturated carbocycles. The second kappa shape index (κ2) is 7.98. The first-order valence-electron chi connectivity index (χ1n) is 10.9. The summed E-state index contributed by atoms with van der Waals surface area (Å²) in [5.41, 5.74) is 3.94. The van der Waals surface area contributed by atoms with Crippen LogP contribution in [0.1, 0.15) is 39.5 Å². The molecule has 0 aliphatic heterocycles. The highest BCUT2D eigenvalue weighted by molar-refractivity contribution is 5.70. The van der Waals surface area contributed by atoms with E-state index >= 15 is 0 Å². The second-order valence-electron chi connectivity index (χ2n) is 8.69. The van der Waals surface area contributed by atoms with Crippen LogP contribution in [0.3, 0.4) is 0 Å². The van der Waals surface area contributed by atoms with Crippen LogP contribution in [0.4, 0.5) is 5.82 Å². The zero-order valence-electron chi connectivity index (χ0n) is 17.6. The van der Waals surface area contributed by atoms with E-state index in [1.54, 1.807) is 6.26 Å². The fourth-order valence-corrected chi connectivity index (χ4v) is 4.56. The average Bonchev–Trinajstić information content (AvgIpc) is 3.44. The number of rotatable bonds is 5. The number of anilines is 1. The van der Waals surface area contributed by atoms with E-state index in [0.29, 0.717) is 6.04 Å². The Balaban J connectivity index is 1.40. The van der Waals surface area contributed by atoms with Gasteiger partial charge in [-0.05, 0) is 67.9 Å². The van der Waals surface area contributed by atoms with Gasteiger partial charge in [0, 0.05) is 17.2 Å². The van der Waals surface area contributed by atoms with Crippen molar-refractivity contribution in [1.82, 2.24) is 14.6 Å². The summed E-state index contributed by atoms with van der Waals surface area (Å²) < 4.78 is 7.49. The smallest absolute Gasteiger partial charge is 0.154 e. The van der Waals surface area contributed by atoms with Gasteiger partial charge >= 0.3 is 0 Å². The highest BCUT2D eigenvalue weighted by Crippen LogP contribution is 2.31. The number of aromatic nitrogens is 3. The summed E-state index contributed by atoms with van der Waals surface area (Å²) in [4.78, 5) is 4.55. The Morgan fingerprint density at radius 1 is 1.00 bits per heavy atom. The molecule has 1 fully saturated rings. The van der Waals surface area contributed by atoms with Gasteiger partial charge in [-0.3, -0.25) is 0 Å². The third-order valence-corrected chi connectivity index (χ3v) is 6.39. The van der Waals surface area contributed by atoms with Crippen LogP contribution in [0.2, 0.25) is 0 Å². The van der Waals surface area contributed by atoms with Crippen LogP contribution in [0.5, 0.6) is 0 Å². The first kappa shape index (κ1) is 18.9. The van der Waals surface area contributed by atoms with E-state index < -0.39 is 0 Å². The van der Waals surface area contributed by atoms with Crippen LogP contribution in [0.25, 0.3) is 28.2 Å². The van der Waals surface area contributed by atoms with E-state index in [-0.39, 0.29) is 0 Å². The average molecular weight is 401 g/mol. The minimum Gasteiger partial charge on any atom is -0.464 e. The van der Waals surface area contributed by atoms with Gasteiger partial charge in [0.15, 0.2) is 5.65 Å². The molecule has 0 radical (unpaired) electrons. The van der Waals surface area contributed by atoms with Crippen molar-refractivity contribution < 1.29 is 4.42 Å². The number of furan rings is 1. The lowest BCUT2D eigenvalue weighted by atomic mass is 9.80. The number of nitrogens with zero attached hydrogens (tertiary/aromatic N) is 3. The molecule has 4 aromatic rings. The summed E-state index contributed by atoms with van der Waals surface area (Å²) in [7, 11) is 0. The number of nitrogens with one attached hydrogen (secondary N) is 1. The number of hydrogen-bond donors (Lipinski definition) is 1. The van der Waals surface area contributed by atoms with Crippen LogP contribution >= 0.6 is 0 Å². The van der Waals surface area contributed by atoms with Crippen molar-refractivity contribution in [3.05, 3.63) is 61.0 Å². The molecule has 1 aliphatic rings. The molecule has 30 heavy (non-hydrogen) atoms. The van der Waals surface area contributed by atoms with E-state index in [1.807, 2.05) is 41.0 Å². The first-order valence-corrected chi connectivity index (χ1v) is 10.9. The standard InChI is InChI=1S/C25H28N4O/c1-17(2)18-8-10-21(11-9-18)27-24-12-13-25-26-16-22(29(25)28-24)19-5-3-6-20(15-19)23-7-4-14-30-23/h3-7,12-18,21H,8-11H2,1-2H3,(H,27,28). The molecule has 0 spiro atoms. The van der Waals surface area contributed by atoms with Crippen molar-refractivity contribution in [3.63, 3.8) is 0 Å². The molecule has 0 bridgehead atoms. The van der Waals surface area contributed by atoms with Gasteiger partial charge in [-0.15, -0.1) is 5.10 Å². The van der Waals surface area contributed by atoms with Crippen molar-refractivity contribution in [3.8, 4) is 22.6 Å². The van der Waals surface area contributed by atoms with Crippen molar-refractivity contribution >= 4 is 11.5 Å². The van der Waals surface area contributed by atoms with Gasteiger partial charge in [0.25, 0.3) is 0 Å². The highest BCUT2D eigenvalue weighted by atomic mass is 16.3. The van der Waals surface area contributed by atoms with Crippen molar-refractivity contribution in [2.24, 2.45) is 11.8 Å². The van der Waals surface area contributed by atoms with Crippen LogP contribution < -0.4 is 5.32 Å². The van der Waals surface area contributed by atoms with Gasteiger partial charge in [0.1, 0.15) is 11.6 Å². The molecule has 5 nitrogen and oxygen atoms in total. The number of hydrogen-bond acceptors (Lipinski definition) is 4. The molecule has 1 N–H and O–H groups in total. The van der Waals surface area contributed by atoms with Gasteiger partial charge in [-0.1, -0.05) is 32.0 Å². The van der Waals surface area contributed by atoms with Crippen LogP contribution in [0, 0.1) is 11.8 Å². The molecule has 0 amide bonds. The molecule has 3 aromatic heterocycles. The molecule has 3 heterocycles. The SMILES string of the molecule is CC(C)C1CCC(Nc2ccc3ncc(-c4cccc(-c5ccco5)c4)n3n2)CC1. The van der Waals surface area contributed by atoms with E-state index in [0.717, 1.165) is 45.9 Å². The quantitative estimate of drug-likeness (QED) is 0.428. The Hall–Kier alpha value is -3.08. The summed E-state index contributed by atoms with van der Waals surface area (Å²) in [5.74, 6) is 3.42. The second-order valence-corrected chi connectivity index (χ2v) is 8.69. The minimum absolute atomic E-state index is 0.499. The van der Waals surface area contributed by atoms with Crippen LogP contribution in [-0.2, 0) is 0 Å². The van der Waals surface area contributed by atoms with Gasteiger partial charge in [-0.25, -0.2) is 9.50 Å². The molecule has 5 heteroatoms. The molecular weight excluding hydrogens is 372 g/mol. The Morgan fingerprint density at radius 3 is 2.60 bits per heavy atom. The van der Waals surface area contributed by atoms with Gasteiger partial charge in [-0.2, -0.15) is 0 Å². The van der Waals surface area contributed by atoms with Crippen molar-refractivity contribution in [2.75, 3.05) is 5.32 Å². The third-order valence-electron chi connectivity index (χ3n) is 6.39. The predicted molar refractivity (Wildman–Crippen MR) is 120 cm³/mol. The lowest BCUT2D eigenvalue weighted by molar-refractivity contribution is 0.266. The Kier molecular flexibility index (Phi) is 5.03. The fraction of sp³-hybridized carbons (Fsp3) is 0.360. The number of imidazole rings is 1. The summed E-state index contributed by atoms with van der Waals surface area (Å²) >= 11 is 0. The molecule has 0 unspecified atom stereocenters. The van der Waals surface area contributed by atoms with Crippen molar-refractivity contribution in [2.45, 2.75) is 45.6 Å². The van der Waals surface area contributed by atoms with Crippen LogP contribution in [-0.4, -0.2) is 20.6 Å². The maximum Gasteiger partial charge on any atom is 0.154 e. The van der Waals surface area contributed by atoms with E-state index in [2.05, 4.69) is 42.3 Å². The van der Waals surface area contributed by atoms with Crippen LogP contribution in [0.15, 0.2) is 65.4 Å². The Labute approximate surface area is 177 Å². The normalized spacial score (nSPS) is 19.4. The summed E-state index contributed by atoms with van der Waals surface area (Å²) in [6, 6.07) is 16.8. The Morgan fingerprint density at radius 2 is 1.83 bits per heavy atom. The maximum atomic E-state index is 5.56. The third kappa shape index (κ3) is 3.72. The zero-order valence-corrected chi connectivity index (χ0v) is 17.6. The van der Waals surface area contributed by atoms with Gasteiger partial charge in [0.2, 0.25) is 0 Å². The lowest BCUT2D eigenvalue weighted by Crippen LogP contribution is -2.28. The monoisotopic (exact) mass is 400 g/mol. The van der Waals surface area contributed by atoms with E-state index in [1.165, 1.54) is 25.7 Å². The molecular formula is C25H28N4O. The van der Waals surface area contributed by atoms with Gasteiger partial charge < -0.3 is 9.73 Å². The number of benzene rings is 1. The fourth-order valence-electron chi connectivity index (χ4n) is 4.56. The predicted octanol–water partition coefficient (Wildman–Crippen LogP) is 6.28. The Bertz CT molecular complexity index is 1120. The summed E-state index contributed by atoms with van der Waals surface area (Å²) in [6.07, 6.45) is 8.61. The summed E-state index contributed by atoms with van der Waals surface area (Å²) in [5, 5.41) is 8.53. The largest absolute Gasteiger partial charge is 0.464 e. The molecule has 0 saturated heterocycles. The lowest BCUT2D eigenvalue weighted by Gasteiger charge is -2.31. The van der Waals surface area contributed by atoms with Gasteiger partial charge in [0.05, 0.1) is 18.2 Å². The number of fused-ring (bicyclic) bond motifs is 1. The molecule has 0 atom stereocenters. The molecule has 1 aromatic carbocycles. The van der Waals surface area contributed by atoms with E-state index in [4.69, 9.17) is 9.52 Å². The highest BCUT2D eigenvalue weighted by Gasteiger charge is 2.23. The molecule has 1 aliphatic carbocycles. The minimum atomic E-state index is 0.499. The molecule has 154 valence electrons. The molecule has 5 rings (SSSR count). The van der Waals surface area contributed by atoms with Crippen molar-refractivity contribution in [1.29, 1.82) is 0 Å². The topological polar surface area (TPSA) is 55.4 Å². The van der Waals surface area contributed by atoms with E-state index in [9.17, 15) is 0 Å².